The second-order valence-electron chi connectivity index (χ2n) is 4.90. The van der Waals surface area contributed by atoms with E-state index in [1.165, 1.54) is 25.7 Å². The predicted molar refractivity (Wildman–Crippen MR) is 74.7 cm³/mol. The van der Waals surface area contributed by atoms with Gasteiger partial charge in [-0.05, 0) is 26.3 Å². The molecule has 1 N–H and O–H groups in total. The molecule has 4 nitrogen and oxygen atoms in total. The fraction of sp³-hybridized carbons (Fsp3) is 0.714. The Morgan fingerprint density at radius 2 is 1.89 bits per heavy atom. The van der Waals surface area contributed by atoms with Gasteiger partial charge >= 0.3 is 0 Å². The van der Waals surface area contributed by atoms with E-state index >= 15 is 0 Å². The van der Waals surface area contributed by atoms with Crippen LogP contribution in [0.2, 0.25) is 0 Å². The molecule has 0 radical (unpaired) electrons. The highest BCUT2D eigenvalue weighted by Crippen LogP contribution is 2.25. The Labute approximate surface area is 110 Å². The zero-order chi connectivity index (χ0) is 12.8. The maximum Gasteiger partial charge on any atom is 0.225 e. The molecule has 0 atom stereocenters. The summed E-state index contributed by atoms with van der Waals surface area (Å²) < 4.78 is 0. The van der Waals surface area contributed by atoms with Crippen molar-refractivity contribution in [1.29, 1.82) is 0 Å². The molecule has 1 aliphatic carbocycles. The molecule has 0 aliphatic heterocycles. The molecule has 1 aromatic heterocycles. The number of hydrogen-bond acceptors (Lipinski definition) is 4. The molecule has 0 saturated heterocycles. The van der Waals surface area contributed by atoms with Gasteiger partial charge in [0.2, 0.25) is 5.95 Å². The molecule has 1 fully saturated rings. The molecule has 18 heavy (non-hydrogen) atoms. The highest BCUT2D eigenvalue weighted by Gasteiger charge is 2.23. The molecular formula is C14H24N4. The quantitative estimate of drug-likeness (QED) is 0.839. The number of nitrogens with one attached hydrogen (secondary N) is 1. The number of hydrogen-bond donors (Lipinski definition) is 1. The monoisotopic (exact) mass is 248 g/mol. The minimum atomic E-state index is 0.648. The van der Waals surface area contributed by atoms with Gasteiger partial charge in [-0.25, -0.2) is 9.97 Å². The third-order valence-corrected chi connectivity index (χ3v) is 3.63. The van der Waals surface area contributed by atoms with Crippen LogP contribution in [-0.2, 0) is 6.54 Å². The lowest BCUT2D eigenvalue weighted by Gasteiger charge is -2.27. The second-order valence-corrected chi connectivity index (χ2v) is 4.90. The van der Waals surface area contributed by atoms with E-state index in [1.54, 1.807) is 0 Å². The summed E-state index contributed by atoms with van der Waals surface area (Å²) in [5.41, 5.74) is 1.16. The highest BCUT2D eigenvalue weighted by molar-refractivity contribution is 5.31. The molecule has 4 heteroatoms. The Hall–Kier alpha value is -1.16. The Morgan fingerprint density at radius 1 is 1.22 bits per heavy atom. The van der Waals surface area contributed by atoms with E-state index in [-0.39, 0.29) is 0 Å². The van der Waals surface area contributed by atoms with Crippen LogP contribution in [0.3, 0.4) is 0 Å². The Bertz CT molecular complexity index is 343. The van der Waals surface area contributed by atoms with Gasteiger partial charge in [-0.3, -0.25) is 0 Å². The third-order valence-electron chi connectivity index (χ3n) is 3.63. The van der Waals surface area contributed by atoms with Gasteiger partial charge < -0.3 is 10.2 Å². The average Bonchev–Trinajstić information content (AvgIpc) is 2.93. The van der Waals surface area contributed by atoms with Crippen molar-refractivity contribution in [2.45, 2.75) is 52.1 Å². The lowest BCUT2D eigenvalue weighted by molar-refractivity contribution is 0.603. The molecular weight excluding hydrogens is 224 g/mol. The zero-order valence-corrected chi connectivity index (χ0v) is 11.5. The standard InChI is InChI=1S/C14H24N4/c1-3-15-9-12-10-16-14(17-11-12)18(4-2)13-7-5-6-8-13/h10-11,13,15H,3-9H2,1-2H3. The van der Waals surface area contributed by atoms with E-state index in [4.69, 9.17) is 0 Å². The molecule has 2 rings (SSSR count). The summed E-state index contributed by atoms with van der Waals surface area (Å²) in [4.78, 5) is 11.4. The molecule has 1 heterocycles. The molecule has 0 unspecified atom stereocenters. The first-order chi connectivity index (χ1) is 8.85. The van der Waals surface area contributed by atoms with Gasteiger partial charge in [0.25, 0.3) is 0 Å². The van der Waals surface area contributed by atoms with Gasteiger partial charge in [-0.1, -0.05) is 19.8 Å². The maximum atomic E-state index is 4.52. The lowest BCUT2D eigenvalue weighted by atomic mass is 10.2. The van der Waals surface area contributed by atoms with Gasteiger partial charge in [0.15, 0.2) is 0 Å². The SMILES string of the molecule is CCNCc1cnc(N(CC)C2CCCC2)nc1. The van der Waals surface area contributed by atoms with Gasteiger partial charge in [-0.2, -0.15) is 0 Å². The minimum Gasteiger partial charge on any atom is -0.338 e. The number of nitrogens with zero attached hydrogens (tertiary/aromatic N) is 3. The fourth-order valence-corrected chi connectivity index (χ4v) is 2.64. The van der Waals surface area contributed by atoms with Gasteiger partial charge in [0.05, 0.1) is 0 Å². The number of rotatable bonds is 6. The van der Waals surface area contributed by atoms with Crippen molar-refractivity contribution in [2.75, 3.05) is 18.0 Å². The van der Waals surface area contributed by atoms with Crippen molar-refractivity contribution in [3.05, 3.63) is 18.0 Å². The average molecular weight is 248 g/mol. The van der Waals surface area contributed by atoms with Crippen LogP contribution < -0.4 is 10.2 Å². The summed E-state index contributed by atoms with van der Waals surface area (Å²) in [6.07, 6.45) is 9.16. The molecule has 0 bridgehead atoms. The van der Waals surface area contributed by atoms with Crippen molar-refractivity contribution in [2.24, 2.45) is 0 Å². The van der Waals surface area contributed by atoms with Crippen LogP contribution >= 0.6 is 0 Å². The summed E-state index contributed by atoms with van der Waals surface area (Å²) >= 11 is 0. The van der Waals surface area contributed by atoms with Crippen LogP contribution in [0.1, 0.15) is 45.1 Å². The largest absolute Gasteiger partial charge is 0.338 e. The molecule has 1 aliphatic rings. The van der Waals surface area contributed by atoms with Crippen LogP contribution in [0.25, 0.3) is 0 Å². The topological polar surface area (TPSA) is 41.1 Å². The smallest absolute Gasteiger partial charge is 0.225 e. The van der Waals surface area contributed by atoms with Crippen molar-refractivity contribution in [1.82, 2.24) is 15.3 Å². The van der Waals surface area contributed by atoms with Crippen LogP contribution in [-0.4, -0.2) is 29.1 Å². The summed E-state index contributed by atoms with van der Waals surface area (Å²) in [7, 11) is 0. The predicted octanol–water partition coefficient (Wildman–Crippen LogP) is 2.36. The van der Waals surface area contributed by atoms with E-state index in [2.05, 4.69) is 34.0 Å². The summed E-state index contributed by atoms with van der Waals surface area (Å²) in [5.74, 6) is 0.893. The molecule has 1 saturated carbocycles. The fourth-order valence-electron chi connectivity index (χ4n) is 2.64. The van der Waals surface area contributed by atoms with Gasteiger partial charge in [0.1, 0.15) is 0 Å². The summed E-state index contributed by atoms with van der Waals surface area (Å²) in [5, 5.41) is 3.29. The lowest BCUT2D eigenvalue weighted by Crippen LogP contribution is -2.34. The highest BCUT2D eigenvalue weighted by atomic mass is 15.3. The van der Waals surface area contributed by atoms with Crippen molar-refractivity contribution < 1.29 is 0 Å². The van der Waals surface area contributed by atoms with E-state index < -0.39 is 0 Å². The van der Waals surface area contributed by atoms with Gasteiger partial charge in [-0.15, -0.1) is 0 Å². The first kappa shape index (κ1) is 13.3. The second kappa shape index (κ2) is 6.69. The van der Waals surface area contributed by atoms with Gasteiger partial charge in [0, 0.05) is 37.1 Å². The number of aromatic nitrogens is 2. The first-order valence-electron chi connectivity index (χ1n) is 7.13. The Kier molecular flexibility index (Phi) is 4.93. The van der Waals surface area contributed by atoms with Crippen molar-refractivity contribution in [3.63, 3.8) is 0 Å². The van der Waals surface area contributed by atoms with Crippen LogP contribution in [0.5, 0.6) is 0 Å². The molecule has 100 valence electrons. The van der Waals surface area contributed by atoms with Crippen molar-refractivity contribution >= 4 is 5.95 Å². The molecule has 1 aromatic rings. The Balaban J connectivity index is 2.02. The summed E-state index contributed by atoms with van der Waals surface area (Å²) in [6.45, 7) is 7.12. The minimum absolute atomic E-state index is 0.648. The Morgan fingerprint density at radius 3 is 2.44 bits per heavy atom. The van der Waals surface area contributed by atoms with E-state index in [1.807, 2.05) is 12.4 Å². The zero-order valence-electron chi connectivity index (χ0n) is 11.5. The van der Waals surface area contributed by atoms with E-state index in [0.29, 0.717) is 6.04 Å². The van der Waals surface area contributed by atoms with Crippen LogP contribution in [0.4, 0.5) is 5.95 Å². The maximum absolute atomic E-state index is 4.52. The third kappa shape index (κ3) is 3.19. The summed E-state index contributed by atoms with van der Waals surface area (Å²) in [6, 6.07) is 0.648. The number of anilines is 1. The van der Waals surface area contributed by atoms with Crippen LogP contribution in [0.15, 0.2) is 12.4 Å². The molecule has 0 amide bonds. The normalized spacial score (nSPS) is 16.1. The van der Waals surface area contributed by atoms with E-state index in [9.17, 15) is 0 Å². The first-order valence-corrected chi connectivity index (χ1v) is 7.13. The van der Waals surface area contributed by atoms with Crippen molar-refractivity contribution in [3.8, 4) is 0 Å². The van der Waals surface area contributed by atoms with Crippen LogP contribution in [0, 0.1) is 0 Å². The molecule has 0 aromatic carbocycles. The molecule has 0 spiro atoms. The van der Waals surface area contributed by atoms with E-state index in [0.717, 1.165) is 31.1 Å².